The van der Waals surface area contributed by atoms with Crippen LogP contribution in [0.1, 0.15) is 41.7 Å². The summed E-state index contributed by atoms with van der Waals surface area (Å²) >= 11 is 7.41. The standard InChI is InChI=1S/C18H22N2S2/c1-13-10-14(2)12-15(11-13)19-17(21)20-18(7-3-4-8-18)16-6-5-9-22-16/h5-6,9-12H,3-4,7-8H2,1-2H3,(H2,19,20,21). The second kappa shape index (κ2) is 6.39. The Hall–Kier alpha value is -1.39. The maximum absolute atomic E-state index is 5.59. The van der Waals surface area contributed by atoms with Crippen LogP contribution in [0.4, 0.5) is 5.69 Å². The zero-order valence-corrected chi connectivity index (χ0v) is 14.7. The highest BCUT2D eigenvalue weighted by molar-refractivity contribution is 7.80. The van der Waals surface area contributed by atoms with E-state index in [9.17, 15) is 0 Å². The molecule has 0 atom stereocenters. The number of nitrogens with one attached hydrogen (secondary N) is 2. The molecule has 1 aliphatic carbocycles. The molecule has 3 rings (SSSR count). The first kappa shape index (κ1) is 15.5. The fourth-order valence-corrected chi connectivity index (χ4v) is 4.64. The van der Waals surface area contributed by atoms with Gasteiger partial charge in [0, 0.05) is 10.6 Å². The molecule has 2 N–H and O–H groups in total. The lowest BCUT2D eigenvalue weighted by Crippen LogP contribution is -2.45. The number of thiophene rings is 1. The second-order valence-corrected chi connectivity index (χ2v) is 7.58. The Morgan fingerprint density at radius 1 is 1.14 bits per heavy atom. The predicted molar refractivity (Wildman–Crippen MR) is 99.7 cm³/mol. The molecule has 1 saturated carbocycles. The monoisotopic (exact) mass is 330 g/mol. The van der Waals surface area contributed by atoms with Crippen molar-refractivity contribution >= 4 is 34.4 Å². The number of aryl methyl sites for hydroxylation is 2. The van der Waals surface area contributed by atoms with Gasteiger partial charge in [-0.1, -0.05) is 25.0 Å². The van der Waals surface area contributed by atoms with Gasteiger partial charge in [-0.3, -0.25) is 0 Å². The highest BCUT2D eigenvalue weighted by Crippen LogP contribution is 2.40. The lowest BCUT2D eigenvalue weighted by Gasteiger charge is -2.31. The molecule has 0 amide bonds. The SMILES string of the molecule is Cc1cc(C)cc(NC(=S)NC2(c3cccs3)CCCC2)c1. The summed E-state index contributed by atoms with van der Waals surface area (Å²) in [6, 6.07) is 10.8. The molecule has 2 nitrogen and oxygen atoms in total. The summed E-state index contributed by atoms with van der Waals surface area (Å²) in [6.07, 6.45) is 4.83. The van der Waals surface area contributed by atoms with E-state index < -0.39 is 0 Å². The van der Waals surface area contributed by atoms with Crippen molar-refractivity contribution in [3.05, 3.63) is 51.7 Å². The molecule has 1 aliphatic rings. The van der Waals surface area contributed by atoms with E-state index in [0.717, 1.165) is 23.6 Å². The van der Waals surface area contributed by atoms with E-state index in [1.807, 2.05) is 11.3 Å². The summed E-state index contributed by atoms with van der Waals surface area (Å²) in [5.41, 5.74) is 3.59. The number of anilines is 1. The highest BCUT2D eigenvalue weighted by Gasteiger charge is 2.37. The molecule has 1 aromatic carbocycles. The number of hydrogen-bond acceptors (Lipinski definition) is 2. The Balaban J connectivity index is 1.75. The molecule has 1 heterocycles. The van der Waals surface area contributed by atoms with Crippen molar-refractivity contribution in [3.8, 4) is 0 Å². The minimum Gasteiger partial charge on any atom is -0.352 e. The first-order chi connectivity index (χ1) is 10.6. The van der Waals surface area contributed by atoms with Crippen molar-refractivity contribution in [2.24, 2.45) is 0 Å². The van der Waals surface area contributed by atoms with Crippen molar-refractivity contribution in [2.45, 2.75) is 45.1 Å². The summed E-state index contributed by atoms with van der Waals surface area (Å²) in [7, 11) is 0. The van der Waals surface area contributed by atoms with Gasteiger partial charge < -0.3 is 10.6 Å². The summed E-state index contributed by atoms with van der Waals surface area (Å²) in [4.78, 5) is 1.40. The molecular formula is C18H22N2S2. The fourth-order valence-electron chi connectivity index (χ4n) is 3.39. The van der Waals surface area contributed by atoms with Gasteiger partial charge in [-0.2, -0.15) is 0 Å². The quantitative estimate of drug-likeness (QED) is 0.764. The third kappa shape index (κ3) is 3.33. The lowest BCUT2D eigenvalue weighted by molar-refractivity contribution is 0.417. The molecule has 4 heteroatoms. The molecule has 0 saturated heterocycles. The number of rotatable bonds is 3. The minimum absolute atomic E-state index is 0.0249. The van der Waals surface area contributed by atoms with Crippen molar-refractivity contribution in [1.29, 1.82) is 0 Å². The predicted octanol–water partition coefficient (Wildman–Crippen LogP) is 5.12. The smallest absolute Gasteiger partial charge is 0.171 e. The van der Waals surface area contributed by atoms with E-state index in [2.05, 4.69) is 60.2 Å². The number of hydrogen-bond donors (Lipinski definition) is 2. The van der Waals surface area contributed by atoms with Crippen molar-refractivity contribution in [2.75, 3.05) is 5.32 Å². The van der Waals surface area contributed by atoms with Gasteiger partial charge >= 0.3 is 0 Å². The first-order valence-corrected chi connectivity index (χ1v) is 9.08. The van der Waals surface area contributed by atoms with Crippen LogP contribution in [0.3, 0.4) is 0 Å². The van der Waals surface area contributed by atoms with Crippen molar-refractivity contribution in [3.63, 3.8) is 0 Å². The Kier molecular flexibility index (Phi) is 4.50. The average Bonchev–Trinajstić information content (AvgIpc) is 3.07. The van der Waals surface area contributed by atoms with Gasteiger partial charge in [0.1, 0.15) is 0 Å². The topological polar surface area (TPSA) is 24.1 Å². The van der Waals surface area contributed by atoms with Crippen LogP contribution in [0, 0.1) is 13.8 Å². The van der Waals surface area contributed by atoms with E-state index in [4.69, 9.17) is 12.2 Å². The van der Waals surface area contributed by atoms with Crippen LogP contribution in [-0.2, 0) is 5.54 Å². The second-order valence-electron chi connectivity index (χ2n) is 6.22. The summed E-state index contributed by atoms with van der Waals surface area (Å²) in [6.45, 7) is 4.22. The maximum atomic E-state index is 5.59. The largest absolute Gasteiger partial charge is 0.352 e. The van der Waals surface area contributed by atoms with Crippen LogP contribution in [0.15, 0.2) is 35.7 Å². The van der Waals surface area contributed by atoms with E-state index in [1.165, 1.54) is 28.8 Å². The molecule has 0 aliphatic heterocycles. The third-order valence-electron chi connectivity index (χ3n) is 4.28. The zero-order chi connectivity index (χ0) is 15.6. The van der Waals surface area contributed by atoms with Crippen molar-refractivity contribution < 1.29 is 0 Å². The van der Waals surface area contributed by atoms with Crippen LogP contribution in [0.25, 0.3) is 0 Å². The fraction of sp³-hybridized carbons (Fsp3) is 0.389. The molecule has 1 fully saturated rings. The van der Waals surface area contributed by atoms with Crippen LogP contribution < -0.4 is 10.6 Å². The Labute approximate surface area is 142 Å². The first-order valence-electron chi connectivity index (χ1n) is 7.79. The van der Waals surface area contributed by atoms with E-state index in [-0.39, 0.29) is 5.54 Å². The minimum atomic E-state index is 0.0249. The van der Waals surface area contributed by atoms with Crippen LogP contribution in [-0.4, -0.2) is 5.11 Å². The van der Waals surface area contributed by atoms with E-state index in [0.29, 0.717) is 0 Å². The Bertz CT molecular complexity index is 635. The van der Waals surface area contributed by atoms with Gasteiger partial charge in [0.15, 0.2) is 5.11 Å². The van der Waals surface area contributed by atoms with E-state index >= 15 is 0 Å². The highest BCUT2D eigenvalue weighted by atomic mass is 32.1. The molecule has 0 unspecified atom stereocenters. The van der Waals surface area contributed by atoms with Crippen LogP contribution in [0.5, 0.6) is 0 Å². The van der Waals surface area contributed by atoms with Crippen LogP contribution >= 0.6 is 23.6 Å². The molecule has 1 aromatic heterocycles. The molecule has 116 valence electrons. The molecular weight excluding hydrogens is 308 g/mol. The van der Waals surface area contributed by atoms with Gasteiger partial charge in [-0.25, -0.2) is 0 Å². The number of benzene rings is 1. The van der Waals surface area contributed by atoms with Crippen LogP contribution in [0.2, 0.25) is 0 Å². The van der Waals surface area contributed by atoms with E-state index in [1.54, 1.807) is 0 Å². The molecule has 22 heavy (non-hydrogen) atoms. The molecule has 0 radical (unpaired) electrons. The van der Waals surface area contributed by atoms with Gasteiger partial charge in [0.05, 0.1) is 5.54 Å². The van der Waals surface area contributed by atoms with Gasteiger partial charge in [-0.15, -0.1) is 11.3 Å². The zero-order valence-electron chi connectivity index (χ0n) is 13.1. The van der Waals surface area contributed by atoms with Gasteiger partial charge in [0.2, 0.25) is 0 Å². The Morgan fingerprint density at radius 3 is 2.41 bits per heavy atom. The summed E-state index contributed by atoms with van der Waals surface area (Å²) in [5.74, 6) is 0. The molecule has 0 spiro atoms. The average molecular weight is 331 g/mol. The lowest BCUT2D eigenvalue weighted by atomic mass is 9.96. The maximum Gasteiger partial charge on any atom is 0.171 e. The molecule has 2 aromatic rings. The van der Waals surface area contributed by atoms with Gasteiger partial charge in [0.25, 0.3) is 0 Å². The van der Waals surface area contributed by atoms with Gasteiger partial charge in [-0.05, 0) is 73.6 Å². The summed E-state index contributed by atoms with van der Waals surface area (Å²) in [5, 5.41) is 9.85. The number of thiocarbonyl (C=S) groups is 1. The third-order valence-corrected chi connectivity index (χ3v) is 5.56. The normalized spacial score (nSPS) is 16.5. The van der Waals surface area contributed by atoms with Crippen molar-refractivity contribution in [1.82, 2.24) is 5.32 Å². The Morgan fingerprint density at radius 2 is 1.82 bits per heavy atom. The summed E-state index contributed by atoms with van der Waals surface area (Å²) < 4.78 is 0. The molecule has 0 bridgehead atoms.